The van der Waals surface area contributed by atoms with Crippen LogP contribution in [0.1, 0.15) is 39.5 Å². The molecule has 186 valence electrons. The third kappa shape index (κ3) is 6.05. The molecule has 3 N–H and O–H groups in total. The lowest BCUT2D eigenvalue weighted by Crippen LogP contribution is -2.43. The number of anilines is 1. The Balaban J connectivity index is 1.41. The number of nitrogens with one attached hydrogen (secondary N) is 2. The number of fused-ring (bicyclic) bond motifs is 1. The Morgan fingerprint density at radius 2 is 2.11 bits per heavy atom. The fraction of sp³-hybridized carbons (Fsp3) is 0.458. The molecule has 1 unspecified atom stereocenters. The summed E-state index contributed by atoms with van der Waals surface area (Å²) in [6, 6.07) is 1.75. The Bertz CT molecular complexity index is 1250. The number of aliphatic carboxylic acids is 1. The number of halogens is 2. The van der Waals surface area contributed by atoms with Crippen molar-refractivity contribution in [1.29, 1.82) is 0 Å². The third-order valence-electron chi connectivity index (χ3n) is 6.17. The molecule has 35 heavy (non-hydrogen) atoms. The van der Waals surface area contributed by atoms with Gasteiger partial charge in [-0.2, -0.15) is 0 Å². The number of carboxylic acids is 1. The minimum atomic E-state index is -0.915. The highest BCUT2D eigenvalue weighted by Crippen LogP contribution is 2.29. The number of likely N-dealkylation sites (tertiary alicyclic amines) is 1. The zero-order chi connectivity index (χ0) is 25.2. The summed E-state index contributed by atoms with van der Waals surface area (Å²) < 4.78 is 14.5. The quantitative estimate of drug-likeness (QED) is 0.418. The molecule has 3 aromatic heterocycles. The number of aromatic amines is 1. The van der Waals surface area contributed by atoms with Gasteiger partial charge in [0.15, 0.2) is 17.5 Å². The number of carboxylic acid groups (broad SMARTS) is 1. The van der Waals surface area contributed by atoms with Gasteiger partial charge in [-0.25, -0.2) is 19.3 Å². The van der Waals surface area contributed by atoms with E-state index >= 15 is 0 Å². The molecule has 3 aromatic rings. The van der Waals surface area contributed by atoms with Crippen LogP contribution >= 0.6 is 11.6 Å². The first-order valence-corrected chi connectivity index (χ1v) is 11.9. The number of H-pyrrole nitrogens is 1. The van der Waals surface area contributed by atoms with Crippen LogP contribution in [0.4, 0.5) is 10.2 Å². The summed E-state index contributed by atoms with van der Waals surface area (Å²) in [5, 5.41) is 13.4. The van der Waals surface area contributed by atoms with Gasteiger partial charge in [-0.3, -0.25) is 9.59 Å². The molecule has 0 saturated carbocycles. The number of nitrogens with zero attached hydrogens (tertiary/aromatic N) is 4. The van der Waals surface area contributed by atoms with Gasteiger partial charge in [0.1, 0.15) is 5.65 Å². The zero-order valence-corrected chi connectivity index (χ0v) is 20.4. The number of carbonyl (C=O) groups is 2. The number of hydrogen-bond donors (Lipinski definition) is 3. The van der Waals surface area contributed by atoms with E-state index in [0.717, 1.165) is 24.4 Å². The molecule has 1 atom stereocenters. The summed E-state index contributed by atoms with van der Waals surface area (Å²) in [5.41, 5.74) is 0.679. The van der Waals surface area contributed by atoms with E-state index in [1.54, 1.807) is 31.0 Å². The van der Waals surface area contributed by atoms with Crippen LogP contribution in [0.25, 0.3) is 22.4 Å². The van der Waals surface area contributed by atoms with Crippen molar-refractivity contribution in [3.05, 3.63) is 35.5 Å². The van der Waals surface area contributed by atoms with Gasteiger partial charge in [0.2, 0.25) is 5.91 Å². The second-order valence-electron chi connectivity index (χ2n) is 9.78. The van der Waals surface area contributed by atoms with Crippen LogP contribution in [0.15, 0.2) is 24.7 Å². The van der Waals surface area contributed by atoms with Crippen molar-refractivity contribution in [1.82, 2.24) is 24.8 Å². The van der Waals surface area contributed by atoms with Crippen LogP contribution in [0, 0.1) is 17.2 Å². The Morgan fingerprint density at radius 3 is 2.89 bits per heavy atom. The van der Waals surface area contributed by atoms with Crippen molar-refractivity contribution in [3.8, 4) is 11.4 Å². The summed E-state index contributed by atoms with van der Waals surface area (Å²) in [6.07, 6.45) is 6.20. The van der Waals surface area contributed by atoms with E-state index in [0.29, 0.717) is 41.7 Å². The molecule has 1 aliphatic rings. The minimum absolute atomic E-state index is 0.0527. The largest absolute Gasteiger partial charge is 0.481 e. The van der Waals surface area contributed by atoms with Crippen LogP contribution in [0.3, 0.4) is 0 Å². The lowest BCUT2D eigenvalue weighted by molar-refractivity contribution is -0.141. The Hall–Kier alpha value is -3.27. The monoisotopic (exact) mass is 502 g/mol. The van der Waals surface area contributed by atoms with E-state index < -0.39 is 17.2 Å². The molecule has 0 spiro atoms. The van der Waals surface area contributed by atoms with Crippen LogP contribution < -0.4 is 5.32 Å². The molecule has 1 amide bonds. The molecule has 11 heteroatoms. The van der Waals surface area contributed by atoms with E-state index in [-0.39, 0.29) is 30.5 Å². The number of piperidine rings is 1. The molecule has 9 nitrogen and oxygen atoms in total. The summed E-state index contributed by atoms with van der Waals surface area (Å²) >= 11 is 6.08. The van der Waals surface area contributed by atoms with E-state index in [1.807, 2.05) is 0 Å². The number of rotatable bonds is 8. The van der Waals surface area contributed by atoms with Gasteiger partial charge in [-0.05, 0) is 30.2 Å². The number of pyridine rings is 1. The summed E-state index contributed by atoms with van der Waals surface area (Å²) in [7, 11) is 0. The number of hydrogen-bond acceptors (Lipinski definition) is 6. The molecule has 1 fully saturated rings. The standard InChI is InChI=1S/C24H28ClFN6O3/c1-24(2,8-20(34)35)7-19(33)32-5-3-4-14(13-32)9-27-23-18(26)12-30-22(31-23)17-11-29-21-16(17)6-15(25)10-28-21/h6,10-12,14H,3-5,7-9,13H2,1-2H3,(H,28,29)(H,34,35)(H,27,30,31). The molecule has 0 aromatic carbocycles. The van der Waals surface area contributed by atoms with Crippen molar-refractivity contribution in [2.24, 2.45) is 11.3 Å². The maximum absolute atomic E-state index is 14.5. The Labute approximate surface area is 207 Å². The van der Waals surface area contributed by atoms with Gasteiger partial charge in [-0.15, -0.1) is 0 Å². The SMILES string of the molecule is CC(C)(CC(=O)O)CC(=O)N1CCCC(CNc2nc(-c3c[nH]c4ncc(Cl)cc34)ncc2F)C1. The van der Waals surface area contributed by atoms with E-state index in [2.05, 4.69) is 25.3 Å². The lowest BCUT2D eigenvalue weighted by Gasteiger charge is -2.35. The second kappa shape index (κ2) is 10.2. The number of amides is 1. The molecular formula is C24H28ClFN6O3. The number of aromatic nitrogens is 4. The Morgan fingerprint density at radius 1 is 1.31 bits per heavy atom. The molecule has 0 aliphatic carbocycles. The first kappa shape index (κ1) is 24.8. The lowest BCUT2D eigenvalue weighted by atomic mass is 9.84. The van der Waals surface area contributed by atoms with Gasteiger partial charge >= 0.3 is 5.97 Å². The van der Waals surface area contributed by atoms with Crippen LogP contribution in [-0.2, 0) is 9.59 Å². The van der Waals surface area contributed by atoms with Crippen LogP contribution in [0.2, 0.25) is 5.02 Å². The molecule has 4 rings (SSSR count). The highest BCUT2D eigenvalue weighted by molar-refractivity contribution is 6.31. The normalized spacial score (nSPS) is 16.5. The maximum atomic E-state index is 14.5. The predicted molar refractivity (Wildman–Crippen MR) is 131 cm³/mol. The molecule has 0 bridgehead atoms. The van der Waals surface area contributed by atoms with Gasteiger partial charge in [0, 0.05) is 49.4 Å². The fourth-order valence-corrected chi connectivity index (χ4v) is 4.63. The molecule has 4 heterocycles. The minimum Gasteiger partial charge on any atom is -0.481 e. The molecule has 1 saturated heterocycles. The first-order valence-electron chi connectivity index (χ1n) is 11.5. The third-order valence-corrected chi connectivity index (χ3v) is 6.38. The number of carbonyl (C=O) groups excluding carboxylic acids is 1. The van der Waals surface area contributed by atoms with Gasteiger partial charge in [-0.1, -0.05) is 25.4 Å². The highest BCUT2D eigenvalue weighted by atomic mass is 35.5. The maximum Gasteiger partial charge on any atom is 0.303 e. The van der Waals surface area contributed by atoms with E-state index in [4.69, 9.17) is 16.7 Å². The van der Waals surface area contributed by atoms with Crippen molar-refractivity contribution >= 4 is 40.3 Å². The molecule has 0 radical (unpaired) electrons. The predicted octanol–water partition coefficient (Wildman–Crippen LogP) is 4.35. The topological polar surface area (TPSA) is 124 Å². The van der Waals surface area contributed by atoms with Crippen LogP contribution in [-0.4, -0.2) is 61.5 Å². The van der Waals surface area contributed by atoms with Crippen LogP contribution in [0.5, 0.6) is 0 Å². The van der Waals surface area contributed by atoms with E-state index in [9.17, 15) is 14.0 Å². The highest BCUT2D eigenvalue weighted by Gasteiger charge is 2.30. The van der Waals surface area contributed by atoms with Crippen molar-refractivity contribution < 1.29 is 19.1 Å². The average molecular weight is 503 g/mol. The first-order chi connectivity index (χ1) is 16.6. The summed E-state index contributed by atoms with van der Waals surface area (Å²) in [6.45, 7) is 5.18. The summed E-state index contributed by atoms with van der Waals surface area (Å²) in [5.74, 6) is -0.992. The summed E-state index contributed by atoms with van der Waals surface area (Å²) in [4.78, 5) is 41.4. The average Bonchev–Trinajstić information content (AvgIpc) is 3.20. The smallest absolute Gasteiger partial charge is 0.303 e. The fourth-order valence-electron chi connectivity index (χ4n) is 4.48. The Kier molecular flexibility index (Phi) is 7.20. The van der Waals surface area contributed by atoms with Gasteiger partial charge in [0.25, 0.3) is 0 Å². The second-order valence-corrected chi connectivity index (χ2v) is 10.2. The van der Waals surface area contributed by atoms with E-state index in [1.165, 1.54) is 6.20 Å². The van der Waals surface area contributed by atoms with Gasteiger partial charge < -0.3 is 20.3 Å². The van der Waals surface area contributed by atoms with Crippen molar-refractivity contribution in [2.45, 2.75) is 39.5 Å². The molecule has 1 aliphatic heterocycles. The van der Waals surface area contributed by atoms with Gasteiger partial charge in [0.05, 0.1) is 17.6 Å². The van der Waals surface area contributed by atoms with Crippen molar-refractivity contribution in [3.63, 3.8) is 0 Å². The molecular weight excluding hydrogens is 475 g/mol. The zero-order valence-electron chi connectivity index (χ0n) is 19.6. The van der Waals surface area contributed by atoms with Crippen molar-refractivity contribution in [2.75, 3.05) is 25.0 Å².